The molecule has 1 rings (SSSR count). The number of nitrogens with zero attached hydrogens (tertiary/aromatic N) is 1. The van der Waals surface area contributed by atoms with Crippen molar-refractivity contribution in [1.29, 1.82) is 0 Å². The van der Waals surface area contributed by atoms with Crippen LogP contribution in [0.5, 0.6) is 0 Å². The van der Waals surface area contributed by atoms with Crippen LogP contribution < -0.4 is 5.73 Å². The maximum absolute atomic E-state index is 10.8. The number of carbonyl (C=O) groups excluding carboxylic acids is 1. The molecule has 0 aliphatic heterocycles. The average molecular weight is 192 g/mol. The van der Waals surface area contributed by atoms with E-state index in [9.17, 15) is 14.9 Å². The summed E-state index contributed by atoms with van der Waals surface area (Å²) in [5.41, 5.74) is 5.44. The van der Waals surface area contributed by atoms with Crippen LogP contribution in [0.1, 0.15) is 15.9 Å². The highest BCUT2D eigenvalue weighted by Crippen LogP contribution is 2.20. The van der Waals surface area contributed by atoms with Crippen molar-refractivity contribution in [2.75, 3.05) is 0 Å². The number of nitro benzene ring substituents is 1. The highest BCUT2D eigenvalue weighted by Gasteiger charge is 2.12. The molecule has 0 unspecified atom stereocenters. The van der Waals surface area contributed by atoms with Crippen LogP contribution in [0.15, 0.2) is 24.8 Å². The standard InChI is InChI=1S/C9H8N2O3/c1-2-6-5-7(9(10)12)3-4-8(6)11(13)14/h2-5H,1H2,(H2,10,12). The maximum atomic E-state index is 10.8. The van der Waals surface area contributed by atoms with E-state index in [0.29, 0.717) is 0 Å². The van der Waals surface area contributed by atoms with Gasteiger partial charge in [-0.05, 0) is 12.1 Å². The zero-order valence-corrected chi connectivity index (χ0v) is 7.27. The largest absolute Gasteiger partial charge is 0.366 e. The van der Waals surface area contributed by atoms with Gasteiger partial charge >= 0.3 is 0 Å². The van der Waals surface area contributed by atoms with E-state index in [1.54, 1.807) is 0 Å². The first kappa shape index (κ1) is 9.91. The van der Waals surface area contributed by atoms with Crippen molar-refractivity contribution in [2.45, 2.75) is 0 Å². The molecule has 0 aliphatic rings. The third kappa shape index (κ3) is 1.77. The van der Waals surface area contributed by atoms with Crippen molar-refractivity contribution in [3.63, 3.8) is 0 Å². The van der Waals surface area contributed by atoms with Gasteiger partial charge in [-0.3, -0.25) is 14.9 Å². The molecular formula is C9H8N2O3. The lowest BCUT2D eigenvalue weighted by atomic mass is 10.1. The molecule has 0 aliphatic carbocycles. The first-order chi connectivity index (χ1) is 6.56. The quantitative estimate of drug-likeness (QED) is 0.579. The third-order valence-electron chi connectivity index (χ3n) is 1.73. The van der Waals surface area contributed by atoms with E-state index in [1.165, 1.54) is 24.3 Å². The fourth-order valence-corrected chi connectivity index (χ4v) is 1.04. The Kier molecular flexibility index (Phi) is 2.62. The number of nitrogens with two attached hydrogens (primary N) is 1. The molecule has 0 fully saturated rings. The fraction of sp³-hybridized carbons (Fsp3) is 0. The van der Waals surface area contributed by atoms with Gasteiger partial charge in [0.2, 0.25) is 5.91 Å². The van der Waals surface area contributed by atoms with Gasteiger partial charge in [-0.15, -0.1) is 0 Å². The summed E-state index contributed by atoms with van der Waals surface area (Å²) in [6.07, 6.45) is 1.31. The molecule has 0 atom stereocenters. The minimum Gasteiger partial charge on any atom is -0.366 e. The Bertz CT molecular complexity index is 413. The van der Waals surface area contributed by atoms with Crippen molar-refractivity contribution < 1.29 is 9.72 Å². The Morgan fingerprint density at radius 2 is 2.21 bits per heavy atom. The van der Waals surface area contributed by atoms with Gasteiger partial charge in [0.15, 0.2) is 0 Å². The van der Waals surface area contributed by atoms with Crippen molar-refractivity contribution in [3.8, 4) is 0 Å². The molecule has 1 amide bonds. The Morgan fingerprint density at radius 1 is 1.57 bits per heavy atom. The van der Waals surface area contributed by atoms with Gasteiger partial charge in [0, 0.05) is 11.6 Å². The van der Waals surface area contributed by atoms with Crippen LogP contribution >= 0.6 is 0 Å². The molecule has 1 aromatic rings. The van der Waals surface area contributed by atoms with Crippen molar-refractivity contribution in [1.82, 2.24) is 0 Å². The van der Waals surface area contributed by atoms with E-state index < -0.39 is 10.8 Å². The molecule has 2 N–H and O–H groups in total. The lowest BCUT2D eigenvalue weighted by Gasteiger charge is -1.99. The van der Waals surface area contributed by atoms with Crippen LogP contribution in [0.2, 0.25) is 0 Å². The highest BCUT2D eigenvalue weighted by molar-refractivity contribution is 5.93. The Hall–Kier alpha value is -2.17. The van der Waals surface area contributed by atoms with Crippen molar-refractivity contribution in [2.24, 2.45) is 5.73 Å². The topological polar surface area (TPSA) is 86.2 Å². The number of rotatable bonds is 3. The molecule has 72 valence electrons. The average Bonchev–Trinajstić information content (AvgIpc) is 2.16. The molecule has 14 heavy (non-hydrogen) atoms. The molecular weight excluding hydrogens is 184 g/mol. The third-order valence-corrected chi connectivity index (χ3v) is 1.73. The van der Waals surface area contributed by atoms with Gasteiger partial charge in [0.1, 0.15) is 0 Å². The van der Waals surface area contributed by atoms with E-state index >= 15 is 0 Å². The summed E-state index contributed by atoms with van der Waals surface area (Å²) in [4.78, 5) is 20.7. The van der Waals surface area contributed by atoms with Gasteiger partial charge in [-0.1, -0.05) is 12.7 Å². The molecule has 0 bridgehead atoms. The van der Waals surface area contributed by atoms with Crippen molar-refractivity contribution >= 4 is 17.7 Å². The van der Waals surface area contributed by atoms with Crippen molar-refractivity contribution in [3.05, 3.63) is 46.0 Å². The lowest BCUT2D eigenvalue weighted by molar-refractivity contribution is -0.385. The predicted molar refractivity (Wildman–Crippen MR) is 51.7 cm³/mol. The van der Waals surface area contributed by atoms with Crippen LogP contribution in [0, 0.1) is 10.1 Å². The van der Waals surface area contributed by atoms with Crippen LogP contribution in [-0.2, 0) is 0 Å². The van der Waals surface area contributed by atoms with Crippen LogP contribution in [-0.4, -0.2) is 10.8 Å². The van der Waals surface area contributed by atoms with Crippen LogP contribution in [0.25, 0.3) is 6.08 Å². The first-order valence-corrected chi connectivity index (χ1v) is 3.77. The van der Waals surface area contributed by atoms with E-state index in [-0.39, 0.29) is 16.8 Å². The van der Waals surface area contributed by atoms with E-state index in [4.69, 9.17) is 5.73 Å². The SMILES string of the molecule is C=Cc1cc(C(N)=O)ccc1[N+](=O)[O-]. The molecule has 0 heterocycles. The number of primary amides is 1. The van der Waals surface area contributed by atoms with Gasteiger partial charge in [0.05, 0.1) is 10.5 Å². The minimum absolute atomic E-state index is 0.0926. The Balaban J connectivity index is 3.32. The first-order valence-electron chi connectivity index (χ1n) is 3.77. The maximum Gasteiger partial charge on any atom is 0.276 e. The van der Waals surface area contributed by atoms with Crippen LogP contribution in [0.3, 0.4) is 0 Å². The summed E-state index contributed by atoms with van der Waals surface area (Å²) in [6, 6.07) is 3.89. The zero-order valence-electron chi connectivity index (χ0n) is 7.27. The zero-order chi connectivity index (χ0) is 10.7. The number of amides is 1. The molecule has 0 saturated heterocycles. The highest BCUT2D eigenvalue weighted by atomic mass is 16.6. The number of benzene rings is 1. The summed E-state index contributed by atoms with van der Waals surface area (Å²) >= 11 is 0. The molecule has 5 heteroatoms. The molecule has 0 spiro atoms. The summed E-state index contributed by atoms with van der Waals surface area (Å²) in [5, 5.41) is 10.5. The molecule has 5 nitrogen and oxygen atoms in total. The molecule has 0 radical (unpaired) electrons. The van der Waals surface area contributed by atoms with E-state index in [0.717, 1.165) is 0 Å². The molecule has 0 saturated carbocycles. The molecule has 1 aromatic carbocycles. The summed E-state index contributed by atoms with van der Waals surface area (Å²) in [5.74, 6) is -0.622. The van der Waals surface area contributed by atoms with Gasteiger partial charge in [-0.2, -0.15) is 0 Å². The fourth-order valence-electron chi connectivity index (χ4n) is 1.04. The Morgan fingerprint density at radius 3 is 2.64 bits per heavy atom. The lowest BCUT2D eigenvalue weighted by Crippen LogP contribution is -2.11. The van der Waals surface area contributed by atoms with Gasteiger partial charge in [0.25, 0.3) is 5.69 Å². The monoisotopic (exact) mass is 192 g/mol. The summed E-state index contributed by atoms with van der Waals surface area (Å²) in [7, 11) is 0. The van der Waals surface area contributed by atoms with Gasteiger partial charge in [-0.25, -0.2) is 0 Å². The van der Waals surface area contributed by atoms with E-state index in [1.807, 2.05) is 0 Å². The van der Waals surface area contributed by atoms with E-state index in [2.05, 4.69) is 6.58 Å². The van der Waals surface area contributed by atoms with Gasteiger partial charge < -0.3 is 5.73 Å². The second-order valence-electron chi connectivity index (χ2n) is 2.60. The normalized spacial score (nSPS) is 9.43. The minimum atomic E-state index is -0.622. The Labute approximate surface area is 80.0 Å². The number of carbonyl (C=O) groups is 1. The smallest absolute Gasteiger partial charge is 0.276 e. The number of hydrogen-bond acceptors (Lipinski definition) is 3. The number of hydrogen-bond donors (Lipinski definition) is 1. The second-order valence-corrected chi connectivity index (χ2v) is 2.60. The summed E-state index contributed by atoms with van der Waals surface area (Å²) in [6.45, 7) is 3.42. The summed E-state index contributed by atoms with van der Waals surface area (Å²) < 4.78 is 0. The van der Waals surface area contributed by atoms with Crippen LogP contribution in [0.4, 0.5) is 5.69 Å². The molecule has 0 aromatic heterocycles. The number of nitro groups is 1. The second kappa shape index (κ2) is 3.69. The predicted octanol–water partition coefficient (Wildman–Crippen LogP) is 1.34.